The van der Waals surface area contributed by atoms with Gasteiger partial charge in [0.15, 0.2) is 0 Å². The predicted octanol–water partition coefficient (Wildman–Crippen LogP) is 8.58. The number of hydrogen-bond donors (Lipinski definition) is 0. The molecule has 38 heavy (non-hydrogen) atoms. The van der Waals surface area contributed by atoms with E-state index < -0.39 is 0 Å². The second kappa shape index (κ2) is 11.2. The average molecular weight is 509 g/mol. The Balaban J connectivity index is 1.59. The largest absolute Gasteiger partial charge is 0.491 e. The van der Waals surface area contributed by atoms with Gasteiger partial charge in [0, 0.05) is 30.8 Å². The topological polar surface area (TPSA) is 34.2 Å². The molecule has 0 N–H and O–H groups in total. The molecular formula is C33H36N2O3. The van der Waals surface area contributed by atoms with Crippen molar-refractivity contribution >= 4 is 22.7 Å². The zero-order valence-electron chi connectivity index (χ0n) is 22.8. The molecule has 0 saturated carbocycles. The summed E-state index contributed by atoms with van der Waals surface area (Å²) >= 11 is 0. The molecule has 4 aromatic rings. The SMILES string of the molecule is COCCOc1ccc2c(c1)N(C(C)C)c1ccc(-c3ccccc3Oc3ccccc3)cc1N2C(C)C. The molecule has 196 valence electrons. The Morgan fingerprint density at radius 2 is 1.24 bits per heavy atom. The van der Waals surface area contributed by atoms with Crippen LogP contribution < -0.4 is 19.3 Å². The third-order valence-electron chi connectivity index (χ3n) is 6.72. The van der Waals surface area contributed by atoms with E-state index in [4.69, 9.17) is 14.2 Å². The van der Waals surface area contributed by atoms with Crippen molar-refractivity contribution in [2.24, 2.45) is 0 Å². The van der Waals surface area contributed by atoms with Crippen LogP contribution in [0.25, 0.3) is 11.1 Å². The van der Waals surface area contributed by atoms with Gasteiger partial charge in [-0.3, -0.25) is 0 Å². The van der Waals surface area contributed by atoms with E-state index in [1.54, 1.807) is 7.11 Å². The van der Waals surface area contributed by atoms with Crippen molar-refractivity contribution in [3.8, 4) is 28.4 Å². The van der Waals surface area contributed by atoms with Gasteiger partial charge < -0.3 is 24.0 Å². The predicted molar refractivity (Wildman–Crippen MR) is 157 cm³/mol. The van der Waals surface area contributed by atoms with Crippen molar-refractivity contribution in [3.63, 3.8) is 0 Å². The third-order valence-corrected chi connectivity index (χ3v) is 6.72. The van der Waals surface area contributed by atoms with Crippen LogP contribution in [-0.4, -0.2) is 32.4 Å². The summed E-state index contributed by atoms with van der Waals surface area (Å²) < 4.78 is 17.5. The van der Waals surface area contributed by atoms with Crippen LogP contribution in [0.4, 0.5) is 22.7 Å². The Kier molecular flexibility index (Phi) is 7.57. The number of fused-ring (bicyclic) bond motifs is 2. The summed E-state index contributed by atoms with van der Waals surface area (Å²) in [7, 11) is 1.69. The normalized spacial score (nSPS) is 12.5. The summed E-state index contributed by atoms with van der Waals surface area (Å²) in [6.07, 6.45) is 0. The highest BCUT2D eigenvalue weighted by atomic mass is 16.5. The number of benzene rings is 4. The summed E-state index contributed by atoms with van der Waals surface area (Å²) in [5.74, 6) is 2.51. The lowest BCUT2D eigenvalue weighted by Gasteiger charge is -2.44. The van der Waals surface area contributed by atoms with Crippen molar-refractivity contribution in [2.75, 3.05) is 30.1 Å². The minimum atomic E-state index is 0.258. The summed E-state index contributed by atoms with van der Waals surface area (Å²) in [6.45, 7) is 10.0. The van der Waals surface area contributed by atoms with Crippen LogP contribution in [0.2, 0.25) is 0 Å². The molecule has 0 bridgehead atoms. The number of hydrogen-bond acceptors (Lipinski definition) is 5. The van der Waals surface area contributed by atoms with E-state index in [-0.39, 0.29) is 12.1 Å². The summed E-state index contributed by atoms with van der Waals surface area (Å²) in [5.41, 5.74) is 6.86. The number of para-hydroxylation sites is 2. The van der Waals surface area contributed by atoms with E-state index in [1.165, 1.54) is 17.1 Å². The number of rotatable bonds is 9. The van der Waals surface area contributed by atoms with Crippen LogP contribution in [0.5, 0.6) is 17.2 Å². The number of ether oxygens (including phenoxy) is 3. The molecule has 0 aliphatic carbocycles. The Bertz CT molecular complexity index is 1380. The average Bonchev–Trinajstić information content (AvgIpc) is 2.92. The Hall–Kier alpha value is -3.96. The molecule has 4 aromatic carbocycles. The van der Waals surface area contributed by atoms with Gasteiger partial charge in [-0.15, -0.1) is 0 Å². The van der Waals surface area contributed by atoms with Crippen LogP contribution in [0, 0.1) is 0 Å². The number of methoxy groups -OCH3 is 1. The van der Waals surface area contributed by atoms with E-state index in [2.05, 4.69) is 86.0 Å². The van der Waals surface area contributed by atoms with Gasteiger partial charge in [0.25, 0.3) is 0 Å². The van der Waals surface area contributed by atoms with Crippen LogP contribution in [0.3, 0.4) is 0 Å². The molecule has 0 unspecified atom stereocenters. The van der Waals surface area contributed by atoms with E-state index in [1.807, 2.05) is 42.5 Å². The van der Waals surface area contributed by atoms with Crippen molar-refractivity contribution in [3.05, 3.63) is 91.0 Å². The smallest absolute Gasteiger partial charge is 0.135 e. The van der Waals surface area contributed by atoms with E-state index in [0.29, 0.717) is 13.2 Å². The van der Waals surface area contributed by atoms with Gasteiger partial charge in [-0.05, 0) is 75.7 Å². The van der Waals surface area contributed by atoms with Crippen molar-refractivity contribution in [1.29, 1.82) is 0 Å². The standard InChI is InChI=1S/C33H36N2O3/c1-23(2)34-30-18-16-27(37-20-19-36-5)22-32(30)35(24(3)4)29-17-15-25(21-31(29)34)28-13-9-10-14-33(28)38-26-11-7-6-8-12-26/h6-18,21-24H,19-20H2,1-5H3. The van der Waals surface area contributed by atoms with Gasteiger partial charge in [0.2, 0.25) is 0 Å². The lowest BCUT2D eigenvalue weighted by atomic mass is 9.98. The van der Waals surface area contributed by atoms with Gasteiger partial charge in [0.05, 0.1) is 29.4 Å². The maximum absolute atomic E-state index is 6.30. The maximum Gasteiger partial charge on any atom is 0.135 e. The molecule has 1 aliphatic heterocycles. The second-order valence-electron chi connectivity index (χ2n) is 10.0. The van der Waals surface area contributed by atoms with Gasteiger partial charge in [0.1, 0.15) is 23.9 Å². The Labute approximate surface area is 226 Å². The highest BCUT2D eigenvalue weighted by Crippen LogP contribution is 2.52. The fourth-order valence-corrected chi connectivity index (χ4v) is 5.10. The quantitative estimate of drug-likeness (QED) is 0.212. The van der Waals surface area contributed by atoms with Gasteiger partial charge in [-0.25, -0.2) is 0 Å². The fourth-order valence-electron chi connectivity index (χ4n) is 5.10. The molecule has 0 amide bonds. The molecule has 0 spiro atoms. The van der Waals surface area contributed by atoms with E-state index in [0.717, 1.165) is 34.1 Å². The highest BCUT2D eigenvalue weighted by Gasteiger charge is 2.32. The first kappa shape index (κ1) is 25.7. The lowest BCUT2D eigenvalue weighted by Crippen LogP contribution is -2.36. The lowest BCUT2D eigenvalue weighted by molar-refractivity contribution is 0.146. The second-order valence-corrected chi connectivity index (χ2v) is 10.0. The molecule has 5 rings (SSSR count). The first-order valence-electron chi connectivity index (χ1n) is 13.3. The van der Waals surface area contributed by atoms with Crippen LogP contribution in [-0.2, 0) is 4.74 Å². The van der Waals surface area contributed by atoms with Crippen LogP contribution >= 0.6 is 0 Å². The minimum Gasteiger partial charge on any atom is -0.491 e. The summed E-state index contributed by atoms with van der Waals surface area (Å²) in [5, 5.41) is 0. The Morgan fingerprint density at radius 1 is 0.605 bits per heavy atom. The van der Waals surface area contributed by atoms with Crippen molar-refractivity contribution < 1.29 is 14.2 Å². The van der Waals surface area contributed by atoms with Gasteiger partial charge >= 0.3 is 0 Å². The molecule has 0 saturated heterocycles. The number of anilines is 4. The summed E-state index contributed by atoms with van der Waals surface area (Å²) in [6, 6.07) is 31.8. The van der Waals surface area contributed by atoms with E-state index >= 15 is 0 Å². The fraction of sp³-hybridized carbons (Fsp3) is 0.273. The third kappa shape index (κ3) is 5.07. The molecule has 1 aliphatic rings. The van der Waals surface area contributed by atoms with E-state index in [9.17, 15) is 0 Å². The van der Waals surface area contributed by atoms with Gasteiger partial charge in [-0.2, -0.15) is 0 Å². The van der Waals surface area contributed by atoms with Crippen LogP contribution in [0.1, 0.15) is 27.7 Å². The monoisotopic (exact) mass is 508 g/mol. The Morgan fingerprint density at radius 3 is 1.92 bits per heavy atom. The van der Waals surface area contributed by atoms with Gasteiger partial charge in [-0.1, -0.05) is 42.5 Å². The number of nitrogens with zero attached hydrogens (tertiary/aromatic N) is 2. The summed E-state index contributed by atoms with van der Waals surface area (Å²) in [4.78, 5) is 4.83. The van der Waals surface area contributed by atoms with Crippen molar-refractivity contribution in [1.82, 2.24) is 0 Å². The van der Waals surface area contributed by atoms with Crippen LogP contribution in [0.15, 0.2) is 91.0 Å². The molecule has 0 radical (unpaired) electrons. The molecule has 0 atom stereocenters. The molecule has 0 aromatic heterocycles. The van der Waals surface area contributed by atoms with Crippen molar-refractivity contribution in [2.45, 2.75) is 39.8 Å². The zero-order chi connectivity index (χ0) is 26.6. The minimum absolute atomic E-state index is 0.258. The molecule has 1 heterocycles. The first-order valence-corrected chi connectivity index (χ1v) is 13.3. The maximum atomic E-state index is 6.30. The molecule has 5 nitrogen and oxygen atoms in total. The molecular weight excluding hydrogens is 472 g/mol. The molecule has 0 fully saturated rings. The first-order chi connectivity index (χ1) is 18.5. The molecule has 5 heteroatoms. The zero-order valence-corrected chi connectivity index (χ0v) is 22.8. The highest BCUT2D eigenvalue weighted by molar-refractivity contribution is 5.96.